The van der Waals surface area contributed by atoms with Crippen LogP contribution in [0.15, 0.2) is 18.2 Å². The molecule has 0 aliphatic heterocycles. The first-order valence-electron chi connectivity index (χ1n) is 7.27. The number of nitrogen functional groups attached to an aromatic ring is 1. The second-order valence-electron chi connectivity index (χ2n) is 5.90. The van der Waals surface area contributed by atoms with Gasteiger partial charge in [0.25, 0.3) is 0 Å². The number of benzene rings is 1. The summed E-state index contributed by atoms with van der Waals surface area (Å²) in [6.45, 7) is 6.84. The van der Waals surface area contributed by atoms with Crippen LogP contribution in [0.1, 0.15) is 27.2 Å². The minimum Gasteiger partial charge on any atom is -0.495 e. The Labute approximate surface area is 127 Å². The van der Waals surface area contributed by atoms with Crippen LogP contribution < -0.4 is 15.8 Å². The Morgan fingerprint density at radius 2 is 2.05 bits per heavy atom. The molecule has 0 aromatic heterocycles. The maximum Gasteiger partial charge on any atom is 0.238 e. The molecule has 0 heterocycles. The van der Waals surface area contributed by atoms with E-state index in [1.807, 2.05) is 11.9 Å². The van der Waals surface area contributed by atoms with Crippen molar-refractivity contribution >= 4 is 17.3 Å². The summed E-state index contributed by atoms with van der Waals surface area (Å²) in [6, 6.07) is 5.55. The van der Waals surface area contributed by atoms with Gasteiger partial charge in [-0.2, -0.15) is 0 Å². The fourth-order valence-electron chi connectivity index (χ4n) is 2.26. The predicted octanol–water partition coefficient (Wildman–Crippen LogP) is 2.58. The number of carbonyl (C=O) groups is 1. The number of rotatable bonds is 7. The van der Waals surface area contributed by atoms with Gasteiger partial charge in [0.15, 0.2) is 0 Å². The molecule has 0 bridgehead atoms. The van der Waals surface area contributed by atoms with Crippen LogP contribution in [0.5, 0.6) is 5.75 Å². The molecule has 5 heteroatoms. The van der Waals surface area contributed by atoms with Gasteiger partial charge in [0, 0.05) is 11.7 Å². The van der Waals surface area contributed by atoms with Crippen molar-refractivity contribution < 1.29 is 9.53 Å². The van der Waals surface area contributed by atoms with Crippen LogP contribution in [0.2, 0.25) is 0 Å². The van der Waals surface area contributed by atoms with E-state index >= 15 is 0 Å². The first kappa shape index (κ1) is 17.3. The van der Waals surface area contributed by atoms with Gasteiger partial charge in [-0.3, -0.25) is 9.69 Å². The first-order chi connectivity index (χ1) is 9.83. The summed E-state index contributed by atoms with van der Waals surface area (Å²) in [4.78, 5) is 14.2. The number of methoxy groups -OCH3 is 1. The monoisotopic (exact) mass is 293 g/mol. The van der Waals surface area contributed by atoms with Crippen molar-refractivity contribution in [2.75, 3.05) is 31.8 Å². The van der Waals surface area contributed by atoms with Crippen molar-refractivity contribution in [1.82, 2.24) is 4.90 Å². The van der Waals surface area contributed by atoms with E-state index in [0.29, 0.717) is 35.6 Å². The molecule has 0 saturated carbocycles. The zero-order valence-electron chi connectivity index (χ0n) is 13.6. The molecule has 0 fully saturated rings. The van der Waals surface area contributed by atoms with Crippen molar-refractivity contribution in [2.45, 2.75) is 33.2 Å². The summed E-state index contributed by atoms with van der Waals surface area (Å²) in [7, 11) is 3.53. The molecule has 1 aromatic rings. The molecule has 1 atom stereocenters. The lowest BCUT2D eigenvalue weighted by Gasteiger charge is -2.25. The number of anilines is 2. The Balaban J connectivity index is 2.63. The molecule has 5 nitrogen and oxygen atoms in total. The summed E-state index contributed by atoms with van der Waals surface area (Å²) in [5, 5.41) is 2.86. The number of nitrogens with one attached hydrogen (secondary N) is 1. The molecule has 1 aromatic carbocycles. The zero-order chi connectivity index (χ0) is 16.0. The largest absolute Gasteiger partial charge is 0.495 e. The lowest BCUT2D eigenvalue weighted by molar-refractivity contribution is -0.117. The Morgan fingerprint density at radius 3 is 2.62 bits per heavy atom. The van der Waals surface area contributed by atoms with Crippen LogP contribution in [-0.4, -0.2) is 37.6 Å². The second kappa shape index (κ2) is 7.88. The van der Waals surface area contributed by atoms with E-state index in [9.17, 15) is 4.79 Å². The maximum atomic E-state index is 12.1. The number of ether oxygens (including phenoxy) is 1. The van der Waals surface area contributed by atoms with Gasteiger partial charge in [-0.15, -0.1) is 0 Å². The number of nitrogens with two attached hydrogens (primary N) is 1. The summed E-state index contributed by atoms with van der Waals surface area (Å²) in [5.74, 6) is 1.15. The number of hydrogen-bond acceptors (Lipinski definition) is 4. The fourth-order valence-corrected chi connectivity index (χ4v) is 2.26. The Kier molecular flexibility index (Phi) is 6.49. The van der Waals surface area contributed by atoms with E-state index in [1.165, 1.54) is 0 Å². The highest BCUT2D eigenvalue weighted by Crippen LogP contribution is 2.26. The summed E-state index contributed by atoms with van der Waals surface area (Å²) >= 11 is 0. The third-order valence-electron chi connectivity index (χ3n) is 3.46. The predicted molar refractivity (Wildman–Crippen MR) is 87.6 cm³/mol. The van der Waals surface area contributed by atoms with Crippen molar-refractivity contribution in [3.8, 4) is 5.75 Å². The van der Waals surface area contributed by atoms with Crippen molar-refractivity contribution in [3.63, 3.8) is 0 Å². The quantitative estimate of drug-likeness (QED) is 0.758. The Bertz CT molecular complexity index is 475. The lowest BCUT2D eigenvalue weighted by Crippen LogP contribution is -2.37. The second-order valence-corrected chi connectivity index (χ2v) is 5.90. The maximum absolute atomic E-state index is 12.1. The van der Waals surface area contributed by atoms with Gasteiger partial charge in [0.1, 0.15) is 5.75 Å². The van der Waals surface area contributed by atoms with Crippen LogP contribution in [0.25, 0.3) is 0 Å². The number of nitrogens with zero attached hydrogens (tertiary/aromatic N) is 1. The van der Waals surface area contributed by atoms with E-state index < -0.39 is 0 Å². The highest BCUT2D eigenvalue weighted by Gasteiger charge is 2.15. The standard InChI is InChI=1S/C16H27N3O2/c1-11(2)8-12(3)19(4)10-16(20)18-14-9-13(17)6-7-15(14)21-5/h6-7,9,11-12H,8,10,17H2,1-5H3,(H,18,20). The number of likely N-dealkylation sites (N-methyl/N-ethyl adjacent to an activating group) is 1. The number of hydrogen-bond donors (Lipinski definition) is 2. The lowest BCUT2D eigenvalue weighted by atomic mass is 10.0. The zero-order valence-corrected chi connectivity index (χ0v) is 13.6. The average Bonchev–Trinajstić information content (AvgIpc) is 2.37. The van der Waals surface area contributed by atoms with Gasteiger partial charge < -0.3 is 15.8 Å². The molecule has 21 heavy (non-hydrogen) atoms. The third kappa shape index (κ3) is 5.63. The van der Waals surface area contributed by atoms with E-state index in [2.05, 4.69) is 26.1 Å². The molecule has 118 valence electrons. The molecular weight excluding hydrogens is 266 g/mol. The molecule has 0 radical (unpaired) electrons. The molecule has 1 unspecified atom stereocenters. The molecule has 0 saturated heterocycles. The molecular formula is C16H27N3O2. The van der Waals surface area contributed by atoms with E-state index in [0.717, 1.165) is 6.42 Å². The molecule has 0 spiro atoms. The molecule has 3 N–H and O–H groups in total. The summed E-state index contributed by atoms with van der Waals surface area (Å²) < 4.78 is 5.22. The normalized spacial score (nSPS) is 12.5. The minimum absolute atomic E-state index is 0.0722. The minimum atomic E-state index is -0.0722. The van der Waals surface area contributed by atoms with Gasteiger partial charge >= 0.3 is 0 Å². The fraction of sp³-hybridized carbons (Fsp3) is 0.562. The summed E-state index contributed by atoms with van der Waals surface area (Å²) in [5.41, 5.74) is 6.94. The Morgan fingerprint density at radius 1 is 1.38 bits per heavy atom. The highest BCUT2D eigenvalue weighted by atomic mass is 16.5. The first-order valence-corrected chi connectivity index (χ1v) is 7.27. The van der Waals surface area contributed by atoms with Gasteiger partial charge in [-0.25, -0.2) is 0 Å². The highest BCUT2D eigenvalue weighted by molar-refractivity contribution is 5.94. The van der Waals surface area contributed by atoms with Crippen LogP contribution in [0.4, 0.5) is 11.4 Å². The Hall–Kier alpha value is -1.75. The van der Waals surface area contributed by atoms with Gasteiger partial charge in [-0.05, 0) is 44.5 Å². The smallest absolute Gasteiger partial charge is 0.238 e. The summed E-state index contributed by atoms with van der Waals surface area (Å²) in [6.07, 6.45) is 1.06. The van der Waals surface area contributed by atoms with Crippen LogP contribution >= 0.6 is 0 Å². The van der Waals surface area contributed by atoms with E-state index in [4.69, 9.17) is 10.5 Å². The van der Waals surface area contributed by atoms with Gasteiger partial charge in [0.05, 0.1) is 19.3 Å². The van der Waals surface area contributed by atoms with Crippen LogP contribution in [0, 0.1) is 5.92 Å². The van der Waals surface area contributed by atoms with Crippen molar-refractivity contribution in [2.24, 2.45) is 5.92 Å². The molecule has 0 aliphatic carbocycles. The number of carbonyl (C=O) groups excluding carboxylic acids is 1. The topological polar surface area (TPSA) is 67.6 Å². The van der Waals surface area contributed by atoms with Gasteiger partial charge in [-0.1, -0.05) is 13.8 Å². The average molecular weight is 293 g/mol. The van der Waals surface area contributed by atoms with Crippen molar-refractivity contribution in [1.29, 1.82) is 0 Å². The molecule has 0 aliphatic rings. The van der Waals surface area contributed by atoms with E-state index in [-0.39, 0.29) is 5.91 Å². The van der Waals surface area contributed by atoms with Crippen LogP contribution in [0.3, 0.4) is 0 Å². The van der Waals surface area contributed by atoms with Crippen LogP contribution in [-0.2, 0) is 4.79 Å². The molecule has 1 rings (SSSR count). The SMILES string of the molecule is COc1ccc(N)cc1NC(=O)CN(C)C(C)CC(C)C. The van der Waals surface area contributed by atoms with Crippen molar-refractivity contribution in [3.05, 3.63) is 18.2 Å². The number of amides is 1. The van der Waals surface area contributed by atoms with E-state index in [1.54, 1.807) is 25.3 Å². The van der Waals surface area contributed by atoms with Gasteiger partial charge in [0.2, 0.25) is 5.91 Å². The third-order valence-corrected chi connectivity index (χ3v) is 3.46. The molecule has 1 amide bonds.